The molecule has 2 aromatic heterocycles. The summed E-state index contributed by atoms with van der Waals surface area (Å²) < 4.78 is 39.2. The number of thiophene rings is 1. The minimum Gasteiger partial charge on any atom is -0.338 e. The van der Waals surface area contributed by atoms with Gasteiger partial charge >= 0.3 is 6.18 Å². The molecule has 0 saturated carbocycles. The Morgan fingerprint density at radius 3 is 2.38 bits per heavy atom. The summed E-state index contributed by atoms with van der Waals surface area (Å²) in [6.07, 6.45) is -2.44. The lowest BCUT2D eigenvalue weighted by molar-refractivity contribution is -0.143. The van der Waals surface area contributed by atoms with Crippen molar-refractivity contribution in [1.29, 1.82) is 0 Å². The second-order valence-electron chi connectivity index (χ2n) is 5.20. The fourth-order valence-corrected chi connectivity index (χ4v) is 3.45. The van der Waals surface area contributed by atoms with Crippen molar-refractivity contribution >= 4 is 17.2 Å². The summed E-state index contributed by atoms with van der Waals surface area (Å²) in [5.41, 5.74) is -0.566. The van der Waals surface area contributed by atoms with Crippen LogP contribution in [-0.4, -0.2) is 33.7 Å². The molecule has 0 aromatic carbocycles. The van der Waals surface area contributed by atoms with E-state index in [9.17, 15) is 18.0 Å². The van der Waals surface area contributed by atoms with Crippen LogP contribution in [0.15, 0.2) is 18.2 Å². The van der Waals surface area contributed by atoms with E-state index in [1.807, 2.05) is 13.8 Å². The van der Waals surface area contributed by atoms with E-state index in [0.717, 1.165) is 36.7 Å². The van der Waals surface area contributed by atoms with Gasteiger partial charge in [0.1, 0.15) is 11.4 Å². The van der Waals surface area contributed by atoms with Crippen molar-refractivity contribution in [2.75, 3.05) is 13.1 Å². The van der Waals surface area contributed by atoms with Gasteiger partial charge in [-0.3, -0.25) is 9.48 Å². The molecule has 2 aromatic rings. The Bertz CT molecular complexity index is 700. The summed E-state index contributed by atoms with van der Waals surface area (Å²) in [5.74, 6) is -0.0549. The molecule has 1 aliphatic rings. The van der Waals surface area contributed by atoms with E-state index in [2.05, 4.69) is 5.10 Å². The van der Waals surface area contributed by atoms with Gasteiger partial charge in [-0.15, -0.1) is 11.3 Å². The Balaban J connectivity index is 0.00000100. The van der Waals surface area contributed by atoms with E-state index in [0.29, 0.717) is 9.75 Å². The van der Waals surface area contributed by atoms with Gasteiger partial charge in [0, 0.05) is 20.1 Å². The first-order valence-electron chi connectivity index (χ1n) is 7.87. The third-order valence-corrected chi connectivity index (χ3v) is 4.73. The summed E-state index contributed by atoms with van der Waals surface area (Å²) in [6, 6.07) is 4.31. The van der Waals surface area contributed by atoms with Crippen LogP contribution in [0.2, 0.25) is 0 Å². The molecule has 1 amide bonds. The molecule has 1 fully saturated rings. The van der Waals surface area contributed by atoms with E-state index >= 15 is 0 Å². The number of aryl methyl sites for hydroxylation is 1. The van der Waals surface area contributed by atoms with E-state index in [4.69, 9.17) is 0 Å². The predicted molar refractivity (Wildman–Crippen MR) is 88.0 cm³/mol. The molecule has 0 bridgehead atoms. The van der Waals surface area contributed by atoms with Crippen LogP contribution in [0.25, 0.3) is 10.6 Å². The number of hydrogen-bond donors (Lipinski definition) is 0. The van der Waals surface area contributed by atoms with Crippen LogP contribution >= 0.6 is 11.3 Å². The highest BCUT2D eigenvalue weighted by atomic mass is 32.1. The molecule has 4 nitrogen and oxygen atoms in total. The van der Waals surface area contributed by atoms with E-state index in [-0.39, 0.29) is 11.6 Å². The lowest BCUT2D eigenvalue weighted by Gasteiger charge is -2.13. The second kappa shape index (κ2) is 7.38. The zero-order chi connectivity index (χ0) is 17.9. The maximum atomic E-state index is 12.8. The van der Waals surface area contributed by atoms with Crippen molar-refractivity contribution < 1.29 is 18.0 Å². The quantitative estimate of drug-likeness (QED) is 0.796. The van der Waals surface area contributed by atoms with Crippen molar-refractivity contribution in [3.8, 4) is 10.6 Å². The van der Waals surface area contributed by atoms with Crippen LogP contribution in [-0.2, 0) is 13.2 Å². The monoisotopic (exact) mass is 359 g/mol. The predicted octanol–water partition coefficient (Wildman–Crippen LogP) is 4.43. The van der Waals surface area contributed by atoms with E-state index < -0.39 is 11.9 Å². The van der Waals surface area contributed by atoms with Crippen molar-refractivity contribution in [2.45, 2.75) is 32.9 Å². The van der Waals surface area contributed by atoms with Gasteiger partial charge in [0.05, 0.1) is 9.75 Å². The Morgan fingerprint density at radius 1 is 1.21 bits per heavy atom. The highest BCUT2D eigenvalue weighted by Crippen LogP contribution is 2.34. The van der Waals surface area contributed by atoms with Gasteiger partial charge in [0.25, 0.3) is 5.91 Å². The lowest BCUT2D eigenvalue weighted by atomic mass is 10.3. The Kier molecular flexibility index (Phi) is 5.69. The fourth-order valence-electron chi connectivity index (χ4n) is 2.52. The minimum absolute atomic E-state index is 0.0549. The molecular weight excluding hydrogens is 339 g/mol. The molecular formula is C16H20F3N3OS. The standard InChI is InChI=1S/C14H14F3N3OS.C2H6/c1-19-12(14(15,16)17)8-9(18-19)10-4-5-11(22-10)13(21)20-6-2-3-7-20;1-2/h4-5,8H,2-3,6-7H2,1H3;1-2H3. The molecule has 8 heteroatoms. The SMILES string of the molecule is CC.Cn1nc(-c2ccc(C(=O)N3CCCC3)s2)cc1C(F)(F)F. The number of hydrogen-bond acceptors (Lipinski definition) is 3. The number of rotatable bonds is 2. The Morgan fingerprint density at radius 2 is 1.83 bits per heavy atom. The zero-order valence-electron chi connectivity index (χ0n) is 13.9. The van der Waals surface area contributed by atoms with Crippen molar-refractivity contribution in [2.24, 2.45) is 7.05 Å². The van der Waals surface area contributed by atoms with Gasteiger partial charge in [0.15, 0.2) is 0 Å². The summed E-state index contributed by atoms with van der Waals surface area (Å²) in [4.78, 5) is 15.1. The zero-order valence-corrected chi connectivity index (χ0v) is 14.7. The number of amides is 1. The molecule has 132 valence electrons. The van der Waals surface area contributed by atoms with Gasteiger partial charge in [-0.1, -0.05) is 13.8 Å². The minimum atomic E-state index is -4.44. The molecule has 0 spiro atoms. The number of alkyl halides is 3. The molecule has 3 heterocycles. The number of likely N-dealkylation sites (tertiary alicyclic amines) is 1. The van der Waals surface area contributed by atoms with Crippen LogP contribution < -0.4 is 0 Å². The molecule has 0 atom stereocenters. The lowest BCUT2D eigenvalue weighted by Crippen LogP contribution is -2.26. The molecule has 1 saturated heterocycles. The first-order valence-corrected chi connectivity index (χ1v) is 8.68. The molecule has 0 unspecified atom stereocenters. The molecule has 1 aliphatic heterocycles. The van der Waals surface area contributed by atoms with Crippen molar-refractivity contribution in [3.63, 3.8) is 0 Å². The average Bonchev–Trinajstić information content (AvgIpc) is 3.27. The smallest absolute Gasteiger partial charge is 0.338 e. The maximum absolute atomic E-state index is 12.8. The molecule has 0 aliphatic carbocycles. The van der Waals surface area contributed by atoms with Crippen molar-refractivity contribution in [3.05, 3.63) is 28.8 Å². The summed E-state index contributed by atoms with van der Waals surface area (Å²) in [5, 5.41) is 3.90. The third kappa shape index (κ3) is 3.80. The second-order valence-corrected chi connectivity index (χ2v) is 6.28. The summed E-state index contributed by atoms with van der Waals surface area (Å²) >= 11 is 1.18. The Labute approximate surface area is 142 Å². The van der Waals surface area contributed by atoms with Crippen LogP contribution in [0.4, 0.5) is 13.2 Å². The number of nitrogens with zero attached hydrogens (tertiary/aromatic N) is 3. The number of carbonyl (C=O) groups is 1. The van der Waals surface area contributed by atoms with Crippen LogP contribution in [0.3, 0.4) is 0 Å². The molecule has 0 radical (unpaired) electrons. The van der Waals surface area contributed by atoms with Gasteiger partial charge in [-0.25, -0.2) is 0 Å². The number of aromatic nitrogens is 2. The largest absolute Gasteiger partial charge is 0.433 e. The third-order valence-electron chi connectivity index (χ3n) is 3.63. The van der Waals surface area contributed by atoms with Crippen LogP contribution in [0.1, 0.15) is 42.1 Å². The van der Waals surface area contributed by atoms with Gasteiger partial charge in [-0.05, 0) is 31.0 Å². The highest BCUT2D eigenvalue weighted by molar-refractivity contribution is 7.17. The van der Waals surface area contributed by atoms with E-state index in [1.54, 1.807) is 17.0 Å². The van der Waals surface area contributed by atoms with Gasteiger partial charge in [-0.2, -0.15) is 18.3 Å². The molecule has 3 rings (SSSR count). The fraction of sp³-hybridized carbons (Fsp3) is 0.500. The van der Waals surface area contributed by atoms with Crippen LogP contribution in [0, 0.1) is 0 Å². The number of halogens is 3. The Hall–Kier alpha value is -1.83. The maximum Gasteiger partial charge on any atom is 0.433 e. The topological polar surface area (TPSA) is 38.1 Å². The van der Waals surface area contributed by atoms with Gasteiger partial charge in [0.2, 0.25) is 0 Å². The molecule has 24 heavy (non-hydrogen) atoms. The van der Waals surface area contributed by atoms with Gasteiger partial charge < -0.3 is 4.90 Å². The molecule has 0 N–H and O–H groups in total. The first-order chi connectivity index (χ1) is 11.4. The van der Waals surface area contributed by atoms with E-state index in [1.165, 1.54) is 18.4 Å². The van der Waals surface area contributed by atoms with Crippen LogP contribution in [0.5, 0.6) is 0 Å². The first kappa shape index (κ1) is 18.5. The normalized spacial score (nSPS) is 14.5. The summed E-state index contributed by atoms with van der Waals surface area (Å²) in [7, 11) is 1.26. The van der Waals surface area contributed by atoms with Crippen molar-refractivity contribution in [1.82, 2.24) is 14.7 Å². The number of carbonyl (C=O) groups excluding carboxylic acids is 1. The highest BCUT2D eigenvalue weighted by Gasteiger charge is 2.35. The summed E-state index contributed by atoms with van der Waals surface area (Å²) in [6.45, 7) is 5.49. The average molecular weight is 359 g/mol.